The quantitative estimate of drug-likeness (QED) is 0.451. The van der Waals surface area contributed by atoms with E-state index in [9.17, 15) is 20.1 Å². The first-order chi connectivity index (χ1) is 15.6. The molecule has 0 saturated carbocycles. The lowest BCUT2D eigenvalue weighted by Gasteiger charge is -2.27. The summed E-state index contributed by atoms with van der Waals surface area (Å²) in [6, 6.07) is 4.11. The van der Waals surface area contributed by atoms with Crippen LogP contribution in [-0.2, 0) is 6.42 Å². The average Bonchev–Trinajstić information content (AvgIpc) is 2.72. The molecule has 1 aromatic heterocycles. The van der Waals surface area contributed by atoms with Crippen LogP contribution in [0.15, 0.2) is 50.7 Å². The third kappa shape index (κ3) is 3.80. The molecule has 0 spiro atoms. The fourth-order valence-electron chi connectivity index (χ4n) is 3.96. The molecule has 33 heavy (non-hydrogen) atoms. The Morgan fingerprint density at radius 3 is 2.39 bits per heavy atom. The van der Waals surface area contributed by atoms with Crippen molar-refractivity contribution in [1.82, 2.24) is 0 Å². The maximum atomic E-state index is 13.7. The van der Waals surface area contributed by atoms with Gasteiger partial charge in [-0.1, -0.05) is 17.2 Å². The Labute approximate surface area is 190 Å². The topological polar surface area (TPSA) is 109 Å². The van der Waals surface area contributed by atoms with Crippen LogP contribution in [0, 0.1) is 0 Å². The molecule has 0 bridgehead atoms. The summed E-state index contributed by atoms with van der Waals surface area (Å²) in [5.74, 6) is 0.0922. The van der Waals surface area contributed by atoms with E-state index in [0.717, 1.165) is 17.2 Å². The van der Waals surface area contributed by atoms with Gasteiger partial charge in [0.15, 0.2) is 11.5 Å². The molecule has 0 radical (unpaired) electrons. The molecule has 0 fully saturated rings. The van der Waals surface area contributed by atoms with Gasteiger partial charge in [0.25, 0.3) is 0 Å². The number of benzene rings is 2. The van der Waals surface area contributed by atoms with E-state index >= 15 is 0 Å². The molecule has 4 rings (SSSR count). The highest BCUT2D eigenvalue weighted by atomic mass is 16.5. The molecule has 1 aliphatic rings. The second kappa shape index (κ2) is 8.24. The molecule has 0 saturated heterocycles. The van der Waals surface area contributed by atoms with Crippen molar-refractivity contribution in [2.24, 2.45) is 0 Å². The van der Waals surface area contributed by atoms with E-state index in [-0.39, 0.29) is 45.3 Å². The Balaban J connectivity index is 2.15. The minimum atomic E-state index is -0.791. The van der Waals surface area contributed by atoms with E-state index in [1.165, 1.54) is 19.2 Å². The van der Waals surface area contributed by atoms with Crippen LogP contribution in [0.4, 0.5) is 0 Å². The summed E-state index contributed by atoms with van der Waals surface area (Å²) in [6.07, 6.45) is 3.19. The Bertz CT molecular complexity index is 1380. The van der Waals surface area contributed by atoms with Gasteiger partial charge in [-0.25, -0.2) is 0 Å². The molecule has 0 amide bonds. The molecular formula is C26H26O7. The molecule has 0 unspecified atom stereocenters. The first kappa shape index (κ1) is 22.3. The summed E-state index contributed by atoms with van der Waals surface area (Å²) in [6.45, 7) is 7.60. The highest BCUT2D eigenvalue weighted by Crippen LogP contribution is 2.48. The van der Waals surface area contributed by atoms with Crippen molar-refractivity contribution >= 4 is 11.0 Å². The van der Waals surface area contributed by atoms with Gasteiger partial charge in [-0.15, -0.1) is 0 Å². The molecule has 7 heteroatoms. The van der Waals surface area contributed by atoms with Gasteiger partial charge in [0.2, 0.25) is 5.43 Å². The first-order valence-electron chi connectivity index (χ1n) is 10.5. The number of aromatic hydroxyl groups is 3. The fraction of sp³-hybridized carbons (Fsp3) is 0.269. The molecule has 172 valence electrons. The number of hydrogen-bond donors (Lipinski definition) is 3. The predicted molar refractivity (Wildman–Crippen MR) is 125 cm³/mol. The lowest BCUT2D eigenvalue weighted by molar-refractivity contribution is 0.242. The van der Waals surface area contributed by atoms with Gasteiger partial charge in [0.05, 0.1) is 18.2 Å². The number of ether oxygens (including phenoxy) is 2. The molecule has 2 aromatic carbocycles. The van der Waals surface area contributed by atoms with Crippen LogP contribution in [0.25, 0.3) is 22.3 Å². The second-order valence-corrected chi connectivity index (χ2v) is 8.56. The Morgan fingerprint density at radius 1 is 1.03 bits per heavy atom. The lowest BCUT2D eigenvalue weighted by Crippen LogP contribution is -2.22. The average molecular weight is 450 g/mol. The largest absolute Gasteiger partial charge is 0.507 e. The van der Waals surface area contributed by atoms with Crippen molar-refractivity contribution < 1.29 is 29.2 Å². The van der Waals surface area contributed by atoms with Crippen molar-refractivity contribution in [1.29, 1.82) is 0 Å². The van der Waals surface area contributed by atoms with Crippen LogP contribution >= 0.6 is 0 Å². The summed E-state index contributed by atoms with van der Waals surface area (Å²) >= 11 is 0. The minimum absolute atomic E-state index is 0.0198. The molecule has 1 aliphatic heterocycles. The number of allylic oxidation sites excluding steroid dienone is 3. The van der Waals surface area contributed by atoms with Gasteiger partial charge in [0.1, 0.15) is 40.1 Å². The van der Waals surface area contributed by atoms with E-state index in [4.69, 9.17) is 13.9 Å². The molecule has 3 N–H and O–H groups in total. The number of rotatable bonds is 4. The van der Waals surface area contributed by atoms with Crippen molar-refractivity contribution in [3.63, 3.8) is 0 Å². The lowest BCUT2D eigenvalue weighted by atomic mass is 9.94. The predicted octanol–water partition coefficient (Wildman–Crippen LogP) is 5.49. The number of phenols is 3. The molecule has 1 atom stereocenters. The summed E-state index contributed by atoms with van der Waals surface area (Å²) < 4.78 is 17.6. The number of phenolic OH excluding ortho intramolecular Hbond substituents is 3. The summed E-state index contributed by atoms with van der Waals surface area (Å²) in [4.78, 5) is 13.7. The van der Waals surface area contributed by atoms with Crippen molar-refractivity contribution in [2.75, 3.05) is 7.11 Å². The van der Waals surface area contributed by atoms with Gasteiger partial charge in [0, 0.05) is 17.7 Å². The van der Waals surface area contributed by atoms with Crippen LogP contribution in [0.2, 0.25) is 0 Å². The third-order valence-electron chi connectivity index (χ3n) is 5.52. The van der Waals surface area contributed by atoms with E-state index in [2.05, 4.69) is 0 Å². The van der Waals surface area contributed by atoms with Gasteiger partial charge in [-0.2, -0.15) is 0 Å². The molecule has 0 aliphatic carbocycles. The zero-order valence-electron chi connectivity index (χ0n) is 19.1. The highest BCUT2D eigenvalue weighted by molar-refractivity contribution is 5.91. The standard InChI is InChI=1S/C26H26O7/c1-12(2)6-7-14-16(27)10-18(29)22-24(30)23-21(8-13(3)4)32-19-11-17(28)20(31-5)9-15(19)26(23)33-25(14)22/h6,8-11,21,27-29H,7H2,1-5H3/t21-/m1/s1. The summed E-state index contributed by atoms with van der Waals surface area (Å²) in [5, 5.41) is 31.4. The monoisotopic (exact) mass is 450 g/mol. The van der Waals surface area contributed by atoms with Gasteiger partial charge < -0.3 is 29.2 Å². The first-order valence-corrected chi connectivity index (χ1v) is 10.5. The van der Waals surface area contributed by atoms with Crippen LogP contribution in [0.1, 0.15) is 44.9 Å². The van der Waals surface area contributed by atoms with E-state index in [1.54, 1.807) is 6.08 Å². The maximum absolute atomic E-state index is 13.7. The molecule has 2 heterocycles. The SMILES string of the molecule is COc1cc2c(cc1O)O[C@H](C=C(C)C)c1c-2oc2c(CC=C(C)C)c(O)cc(O)c2c1=O. The number of fused-ring (bicyclic) bond motifs is 4. The van der Waals surface area contributed by atoms with E-state index < -0.39 is 11.5 Å². The van der Waals surface area contributed by atoms with Crippen LogP contribution < -0.4 is 14.9 Å². The van der Waals surface area contributed by atoms with Crippen LogP contribution in [-0.4, -0.2) is 22.4 Å². The third-order valence-corrected chi connectivity index (χ3v) is 5.52. The maximum Gasteiger partial charge on any atom is 0.204 e. The molecular weight excluding hydrogens is 424 g/mol. The highest BCUT2D eigenvalue weighted by Gasteiger charge is 2.33. The van der Waals surface area contributed by atoms with Crippen molar-refractivity contribution in [3.05, 3.63) is 62.8 Å². The van der Waals surface area contributed by atoms with Gasteiger partial charge in [-0.3, -0.25) is 4.79 Å². The van der Waals surface area contributed by atoms with E-state index in [1.807, 2.05) is 33.8 Å². The van der Waals surface area contributed by atoms with Crippen molar-refractivity contribution in [2.45, 2.75) is 40.2 Å². The molecule has 7 nitrogen and oxygen atoms in total. The Morgan fingerprint density at radius 2 is 1.76 bits per heavy atom. The summed E-state index contributed by atoms with van der Waals surface area (Å²) in [5.41, 5.74) is 2.61. The zero-order chi connectivity index (χ0) is 24.0. The smallest absolute Gasteiger partial charge is 0.204 e. The number of methoxy groups -OCH3 is 1. The Kier molecular flexibility index (Phi) is 5.57. The molecule has 3 aromatic rings. The van der Waals surface area contributed by atoms with Gasteiger partial charge in [-0.05, 0) is 46.3 Å². The minimum Gasteiger partial charge on any atom is -0.507 e. The van der Waals surface area contributed by atoms with E-state index in [0.29, 0.717) is 23.3 Å². The fourth-order valence-corrected chi connectivity index (χ4v) is 3.96. The Hall–Kier alpha value is -3.87. The van der Waals surface area contributed by atoms with Crippen LogP contribution in [0.3, 0.4) is 0 Å². The van der Waals surface area contributed by atoms with Crippen molar-refractivity contribution in [3.8, 4) is 40.1 Å². The summed E-state index contributed by atoms with van der Waals surface area (Å²) in [7, 11) is 1.42. The normalized spacial score (nSPS) is 14.2. The number of hydrogen-bond acceptors (Lipinski definition) is 7. The second-order valence-electron chi connectivity index (χ2n) is 8.56. The van der Waals surface area contributed by atoms with Gasteiger partial charge >= 0.3 is 0 Å². The van der Waals surface area contributed by atoms with Crippen LogP contribution in [0.5, 0.6) is 28.7 Å². The zero-order valence-corrected chi connectivity index (χ0v) is 19.1.